The Morgan fingerprint density at radius 2 is 2.06 bits per heavy atom. The van der Waals surface area contributed by atoms with Gasteiger partial charge in [0.1, 0.15) is 15.8 Å². The molecule has 1 amide bonds. The summed E-state index contributed by atoms with van der Waals surface area (Å²) in [6, 6.07) is 11.0. The van der Waals surface area contributed by atoms with Gasteiger partial charge in [0, 0.05) is 19.3 Å². The number of nitrogens with zero attached hydrogens (tertiary/aromatic N) is 3. The summed E-state index contributed by atoms with van der Waals surface area (Å²) in [6.45, 7) is 2.95. The topological polar surface area (TPSA) is 85.2 Å². The maximum Gasteiger partial charge on any atom is 0.267 e. The molecule has 2 aliphatic rings. The molecule has 1 N–H and O–H groups in total. The van der Waals surface area contributed by atoms with E-state index in [1.54, 1.807) is 24.4 Å². The first-order valence-corrected chi connectivity index (χ1v) is 11.2. The normalized spacial score (nSPS) is 16.4. The third-order valence-corrected chi connectivity index (χ3v) is 6.51. The molecule has 10 heteroatoms. The minimum absolute atomic E-state index is 0.204. The number of benzene rings is 1. The van der Waals surface area contributed by atoms with Crippen molar-refractivity contribution in [1.29, 1.82) is 0 Å². The number of hydrogen-bond donors (Lipinski definition) is 1. The minimum Gasteiger partial charge on any atom is -0.454 e. The number of pyridine rings is 1. The van der Waals surface area contributed by atoms with Gasteiger partial charge in [-0.05, 0) is 42.8 Å². The van der Waals surface area contributed by atoms with Crippen LogP contribution < -0.4 is 20.3 Å². The fourth-order valence-electron chi connectivity index (χ4n) is 3.51. The molecule has 1 aromatic carbocycles. The molecule has 0 radical (unpaired) electrons. The van der Waals surface area contributed by atoms with Crippen molar-refractivity contribution < 1.29 is 14.3 Å². The third-order valence-electron chi connectivity index (χ3n) is 5.13. The van der Waals surface area contributed by atoms with Crippen LogP contribution in [0.1, 0.15) is 18.1 Å². The molecular formula is C22H18N4O4S2. The standard InChI is InChI=1S/C22H18N4O4S2/c1-2-25-21(28)17(32-22(25)31)10-14-19(24-18-5-3-4-8-26(18)20(14)27)23-11-13-6-7-15-16(9-13)30-12-29-15/h3-10,23H,2,11-12H2,1H3. The van der Waals surface area contributed by atoms with E-state index in [0.717, 1.165) is 5.56 Å². The van der Waals surface area contributed by atoms with Crippen molar-refractivity contribution in [2.75, 3.05) is 18.7 Å². The molecule has 0 spiro atoms. The highest BCUT2D eigenvalue weighted by Gasteiger charge is 2.31. The summed E-state index contributed by atoms with van der Waals surface area (Å²) in [7, 11) is 0. The van der Waals surface area contributed by atoms with Gasteiger partial charge < -0.3 is 14.8 Å². The summed E-state index contributed by atoms with van der Waals surface area (Å²) in [5, 5.41) is 3.25. The molecule has 0 unspecified atom stereocenters. The number of rotatable bonds is 5. The molecular weight excluding hydrogens is 448 g/mol. The van der Waals surface area contributed by atoms with Crippen LogP contribution in [0.4, 0.5) is 5.82 Å². The van der Waals surface area contributed by atoms with Crippen LogP contribution in [0.15, 0.2) is 52.3 Å². The van der Waals surface area contributed by atoms with Gasteiger partial charge in [0.05, 0.1) is 10.5 Å². The first-order chi connectivity index (χ1) is 15.5. The number of carbonyl (C=O) groups is 1. The number of nitrogens with one attached hydrogen (secondary N) is 1. The van der Waals surface area contributed by atoms with Gasteiger partial charge in [0.25, 0.3) is 11.5 Å². The van der Waals surface area contributed by atoms with Gasteiger partial charge in [0.15, 0.2) is 11.5 Å². The Morgan fingerprint density at radius 1 is 1.22 bits per heavy atom. The van der Waals surface area contributed by atoms with Gasteiger partial charge >= 0.3 is 0 Å². The van der Waals surface area contributed by atoms with Crippen LogP contribution in [0.2, 0.25) is 0 Å². The fourth-order valence-corrected chi connectivity index (χ4v) is 4.87. The average molecular weight is 467 g/mol. The van der Waals surface area contributed by atoms with Gasteiger partial charge in [-0.2, -0.15) is 0 Å². The SMILES string of the molecule is CCN1C(=O)C(=Cc2c(NCc3ccc4c(c3)OCO4)nc3ccccn3c2=O)SC1=S. The van der Waals surface area contributed by atoms with Crippen molar-refractivity contribution >= 4 is 51.7 Å². The molecule has 0 saturated carbocycles. The summed E-state index contributed by atoms with van der Waals surface area (Å²) in [5.41, 5.74) is 1.47. The molecule has 2 aromatic heterocycles. The number of fused-ring (bicyclic) bond motifs is 2. The zero-order valence-corrected chi connectivity index (χ0v) is 18.7. The lowest BCUT2D eigenvalue weighted by atomic mass is 10.2. The predicted molar refractivity (Wildman–Crippen MR) is 127 cm³/mol. The number of likely N-dealkylation sites (N-methyl/N-ethyl adjacent to an activating group) is 1. The molecule has 8 nitrogen and oxygen atoms in total. The molecule has 0 atom stereocenters. The van der Waals surface area contributed by atoms with E-state index in [1.807, 2.05) is 31.2 Å². The van der Waals surface area contributed by atoms with Crippen LogP contribution in [-0.2, 0) is 11.3 Å². The van der Waals surface area contributed by atoms with Gasteiger partial charge in [-0.3, -0.25) is 18.9 Å². The number of hydrogen-bond acceptors (Lipinski definition) is 8. The van der Waals surface area contributed by atoms with Crippen LogP contribution in [0.3, 0.4) is 0 Å². The van der Waals surface area contributed by atoms with Crippen molar-refractivity contribution in [2.45, 2.75) is 13.5 Å². The van der Waals surface area contributed by atoms with Gasteiger partial charge in [0.2, 0.25) is 6.79 Å². The summed E-state index contributed by atoms with van der Waals surface area (Å²) >= 11 is 6.48. The summed E-state index contributed by atoms with van der Waals surface area (Å²) in [6.07, 6.45) is 3.23. The monoisotopic (exact) mass is 466 g/mol. The first kappa shape index (κ1) is 20.5. The Kier molecular flexibility index (Phi) is 5.32. The molecule has 0 bridgehead atoms. The van der Waals surface area contributed by atoms with Crippen LogP contribution in [0.25, 0.3) is 11.7 Å². The van der Waals surface area contributed by atoms with Crippen molar-refractivity contribution in [2.24, 2.45) is 0 Å². The summed E-state index contributed by atoms with van der Waals surface area (Å²) < 4.78 is 12.7. The van der Waals surface area contributed by atoms with Crippen molar-refractivity contribution in [1.82, 2.24) is 14.3 Å². The second-order valence-electron chi connectivity index (χ2n) is 7.08. The number of amides is 1. The van der Waals surface area contributed by atoms with E-state index in [1.165, 1.54) is 21.1 Å². The van der Waals surface area contributed by atoms with E-state index in [2.05, 4.69) is 10.3 Å². The molecule has 32 heavy (non-hydrogen) atoms. The summed E-state index contributed by atoms with van der Waals surface area (Å²) in [5.74, 6) is 1.57. The van der Waals surface area contributed by atoms with E-state index >= 15 is 0 Å². The van der Waals surface area contributed by atoms with Gasteiger partial charge in [-0.1, -0.05) is 36.1 Å². The van der Waals surface area contributed by atoms with Crippen LogP contribution >= 0.6 is 24.0 Å². The zero-order chi connectivity index (χ0) is 22.2. The van der Waals surface area contributed by atoms with E-state index < -0.39 is 0 Å². The number of ether oxygens (including phenoxy) is 2. The summed E-state index contributed by atoms with van der Waals surface area (Å²) in [4.78, 5) is 32.5. The second kappa shape index (κ2) is 8.29. The van der Waals surface area contributed by atoms with Crippen LogP contribution in [-0.4, -0.2) is 37.8 Å². The highest BCUT2D eigenvalue weighted by molar-refractivity contribution is 8.26. The Hall–Kier alpha value is -3.37. The Bertz CT molecular complexity index is 1350. The van der Waals surface area contributed by atoms with Gasteiger partial charge in [-0.25, -0.2) is 4.98 Å². The molecule has 162 valence electrons. The van der Waals surface area contributed by atoms with Gasteiger partial charge in [-0.15, -0.1) is 0 Å². The lowest BCUT2D eigenvalue weighted by Gasteiger charge is -2.12. The molecule has 1 fully saturated rings. The minimum atomic E-state index is -0.273. The Balaban J connectivity index is 1.54. The fraction of sp³-hybridized carbons (Fsp3) is 0.182. The lowest BCUT2D eigenvalue weighted by Crippen LogP contribution is -2.27. The van der Waals surface area contributed by atoms with E-state index in [0.29, 0.717) is 50.8 Å². The number of aromatic nitrogens is 2. The van der Waals surface area contributed by atoms with E-state index in [-0.39, 0.29) is 18.3 Å². The highest BCUT2D eigenvalue weighted by atomic mass is 32.2. The lowest BCUT2D eigenvalue weighted by molar-refractivity contribution is -0.121. The molecule has 0 aliphatic carbocycles. The second-order valence-corrected chi connectivity index (χ2v) is 8.75. The number of thiocarbonyl (C=S) groups is 1. The van der Waals surface area contributed by atoms with E-state index in [4.69, 9.17) is 21.7 Å². The third kappa shape index (κ3) is 3.61. The Morgan fingerprint density at radius 3 is 2.88 bits per heavy atom. The predicted octanol–water partition coefficient (Wildman–Crippen LogP) is 3.26. The maximum absolute atomic E-state index is 13.3. The molecule has 3 aromatic rings. The molecule has 5 rings (SSSR count). The van der Waals surface area contributed by atoms with Crippen LogP contribution in [0, 0.1) is 0 Å². The van der Waals surface area contributed by atoms with E-state index in [9.17, 15) is 9.59 Å². The maximum atomic E-state index is 13.3. The van der Waals surface area contributed by atoms with Crippen molar-refractivity contribution in [3.05, 3.63) is 69.0 Å². The van der Waals surface area contributed by atoms with Crippen molar-refractivity contribution in [3.8, 4) is 11.5 Å². The number of anilines is 1. The highest BCUT2D eigenvalue weighted by Crippen LogP contribution is 2.34. The molecule has 4 heterocycles. The smallest absolute Gasteiger partial charge is 0.267 e. The number of carbonyl (C=O) groups excluding carboxylic acids is 1. The average Bonchev–Trinajstić information content (AvgIpc) is 3.37. The first-order valence-electron chi connectivity index (χ1n) is 9.94. The number of thioether (sulfide) groups is 1. The molecule has 1 saturated heterocycles. The van der Waals surface area contributed by atoms with Crippen LogP contribution in [0.5, 0.6) is 11.5 Å². The zero-order valence-electron chi connectivity index (χ0n) is 17.0. The van der Waals surface area contributed by atoms with Crippen molar-refractivity contribution in [3.63, 3.8) is 0 Å². The largest absolute Gasteiger partial charge is 0.454 e. The Labute approximate surface area is 192 Å². The molecule has 2 aliphatic heterocycles. The quantitative estimate of drug-likeness (QED) is 0.453.